The van der Waals surface area contributed by atoms with Crippen LogP contribution < -0.4 is 10.6 Å². The number of hydrogen-bond donors (Lipinski definition) is 2. The summed E-state index contributed by atoms with van der Waals surface area (Å²) in [7, 11) is 0. The molecule has 0 saturated carbocycles. The number of hydrogen-bond acceptors (Lipinski definition) is 4. The van der Waals surface area contributed by atoms with Crippen molar-refractivity contribution < 1.29 is 14.0 Å². The lowest BCUT2D eigenvalue weighted by Crippen LogP contribution is -2.46. The van der Waals surface area contributed by atoms with Crippen molar-refractivity contribution in [2.75, 3.05) is 19.6 Å². The van der Waals surface area contributed by atoms with E-state index in [0.717, 1.165) is 26.1 Å². The van der Waals surface area contributed by atoms with Crippen molar-refractivity contribution in [2.45, 2.75) is 25.9 Å². The smallest absolute Gasteiger partial charge is 0.255 e. The Labute approximate surface area is 147 Å². The predicted molar refractivity (Wildman–Crippen MR) is 94.1 cm³/mol. The Balaban J connectivity index is 1.40. The molecule has 1 aliphatic heterocycles. The molecule has 2 aromatic rings. The van der Waals surface area contributed by atoms with Crippen molar-refractivity contribution >= 4 is 11.8 Å². The molecule has 2 N–H and O–H groups in total. The van der Waals surface area contributed by atoms with Gasteiger partial charge < -0.3 is 15.1 Å². The maximum Gasteiger partial charge on any atom is 0.255 e. The number of nitrogens with one attached hydrogen (secondary N) is 2. The third-order valence-corrected chi connectivity index (χ3v) is 4.46. The predicted octanol–water partition coefficient (Wildman–Crippen LogP) is 1.57. The molecule has 1 aliphatic rings. The molecule has 2 heterocycles. The van der Waals surface area contributed by atoms with Gasteiger partial charge in [-0.15, -0.1) is 0 Å². The van der Waals surface area contributed by atoms with E-state index < -0.39 is 6.04 Å². The number of fused-ring (bicyclic) bond motifs is 1. The van der Waals surface area contributed by atoms with E-state index in [1.54, 1.807) is 13.0 Å². The number of amides is 2. The van der Waals surface area contributed by atoms with Crippen molar-refractivity contribution in [3.63, 3.8) is 0 Å². The summed E-state index contributed by atoms with van der Waals surface area (Å²) in [4.78, 5) is 26.4. The maximum atomic E-state index is 12.1. The van der Waals surface area contributed by atoms with Gasteiger partial charge in [-0.3, -0.25) is 14.5 Å². The Morgan fingerprint density at radius 2 is 2.04 bits per heavy atom. The number of carbonyl (C=O) groups is 2. The van der Waals surface area contributed by atoms with Crippen LogP contribution in [0.5, 0.6) is 0 Å². The molecule has 1 atom stereocenters. The number of carbonyl (C=O) groups excluding carboxylic acids is 2. The van der Waals surface area contributed by atoms with Gasteiger partial charge in [-0.1, -0.05) is 24.3 Å². The van der Waals surface area contributed by atoms with Gasteiger partial charge >= 0.3 is 0 Å². The minimum absolute atomic E-state index is 0.186. The molecule has 0 saturated heterocycles. The van der Waals surface area contributed by atoms with Crippen molar-refractivity contribution in [2.24, 2.45) is 0 Å². The van der Waals surface area contributed by atoms with Gasteiger partial charge in [0.25, 0.3) is 5.91 Å². The summed E-state index contributed by atoms with van der Waals surface area (Å²) in [6.07, 6.45) is 3.83. The van der Waals surface area contributed by atoms with Gasteiger partial charge in [-0.25, -0.2) is 0 Å². The van der Waals surface area contributed by atoms with Crippen LogP contribution >= 0.6 is 0 Å². The number of rotatable bonds is 6. The van der Waals surface area contributed by atoms with Crippen LogP contribution in [0.4, 0.5) is 0 Å². The largest absolute Gasteiger partial charge is 0.472 e. The van der Waals surface area contributed by atoms with E-state index in [1.165, 1.54) is 23.7 Å². The van der Waals surface area contributed by atoms with E-state index in [0.29, 0.717) is 12.1 Å². The van der Waals surface area contributed by atoms with Crippen LogP contribution in [0.3, 0.4) is 0 Å². The zero-order valence-electron chi connectivity index (χ0n) is 14.3. The highest BCUT2D eigenvalue weighted by Gasteiger charge is 2.18. The van der Waals surface area contributed by atoms with Gasteiger partial charge in [0.05, 0.1) is 11.8 Å². The fraction of sp³-hybridized carbons (Fsp3) is 0.368. The standard InChI is InChI=1S/C19H23N3O3/c1-14(21-19(24)17-7-11-25-13-17)18(23)20-8-10-22-9-6-15-4-2-3-5-16(15)12-22/h2-5,7,11,13-14H,6,8-10,12H2,1H3,(H,20,23)(H,21,24). The molecule has 6 nitrogen and oxygen atoms in total. The highest BCUT2D eigenvalue weighted by molar-refractivity contribution is 5.97. The molecule has 1 aromatic heterocycles. The number of benzene rings is 1. The molecule has 0 spiro atoms. The summed E-state index contributed by atoms with van der Waals surface area (Å²) in [6, 6.07) is 9.45. The second-order valence-electron chi connectivity index (χ2n) is 6.29. The molecule has 0 aliphatic carbocycles. The Hall–Kier alpha value is -2.60. The lowest BCUT2D eigenvalue weighted by Gasteiger charge is -2.28. The highest BCUT2D eigenvalue weighted by atomic mass is 16.3. The first-order valence-electron chi connectivity index (χ1n) is 8.53. The van der Waals surface area contributed by atoms with E-state index >= 15 is 0 Å². The molecule has 0 bridgehead atoms. The van der Waals surface area contributed by atoms with Crippen molar-refractivity contribution in [3.05, 3.63) is 59.5 Å². The second kappa shape index (κ2) is 7.98. The van der Waals surface area contributed by atoms with Crippen LogP contribution in [-0.2, 0) is 17.8 Å². The maximum absolute atomic E-state index is 12.1. The monoisotopic (exact) mass is 341 g/mol. The topological polar surface area (TPSA) is 74.6 Å². The Kier molecular flexibility index (Phi) is 5.50. The SMILES string of the molecule is CC(NC(=O)c1ccoc1)C(=O)NCCN1CCc2ccccc2C1. The summed E-state index contributed by atoms with van der Waals surface area (Å²) in [6.45, 7) is 4.94. The normalized spacial score (nSPS) is 15.2. The molecule has 3 rings (SSSR count). The molecule has 2 amide bonds. The highest BCUT2D eigenvalue weighted by Crippen LogP contribution is 2.17. The van der Waals surface area contributed by atoms with Gasteiger partial charge in [0, 0.05) is 26.2 Å². The van der Waals surface area contributed by atoms with Crippen LogP contribution in [0.25, 0.3) is 0 Å². The Morgan fingerprint density at radius 1 is 1.24 bits per heavy atom. The summed E-state index contributed by atoms with van der Waals surface area (Å²) in [5.41, 5.74) is 3.19. The van der Waals surface area contributed by atoms with Crippen LogP contribution in [0, 0.1) is 0 Å². The molecule has 1 aromatic carbocycles. The second-order valence-corrected chi connectivity index (χ2v) is 6.29. The first kappa shape index (κ1) is 17.2. The summed E-state index contributed by atoms with van der Waals surface area (Å²) >= 11 is 0. The van der Waals surface area contributed by atoms with E-state index in [4.69, 9.17) is 4.42 Å². The quantitative estimate of drug-likeness (QED) is 0.836. The van der Waals surface area contributed by atoms with Crippen LogP contribution in [0.1, 0.15) is 28.4 Å². The summed E-state index contributed by atoms with van der Waals surface area (Å²) < 4.78 is 4.87. The van der Waals surface area contributed by atoms with Crippen molar-refractivity contribution in [3.8, 4) is 0 Å². The number of furan rings is 1. The zero-order chi connectivity index (χ0) is 17.6. The third kappa shape index (κ3) is 4.48. The molecule has 1 unspecified atom stereocenters. The zero-order valence-corrected chi connectivity index (χ0v) is 14.3. The molecule has 0 fully saturated rings. The molecule has 0 radical (unpaired) electrons. The first-order valence-corrected chi connectivity index (χ1v) is 8.53. The van der Waals surface area contributed by atoms with Gasteiger partial charge in [0.2, 0.25) is 5.91 Å². The van der Waals surface area contributed by atoms with E-state index in [-0.39, 0.29) is 11.8 Å². The lowest BCUT2D eigenvalue weighted by atomic mass is 10.00. The molecular formula is C19H23N3O3. The van der Waals surface area contributed by atoms with Crippen LogP contribution in [0.15, 0.2) is 47.3 Å². The lowest BCUT2D eigenvalue weighted by molar-refractivity contribution is -0.122. The van der Waals surface area contributed by atoms with Crippen LogP contribution in [0.2, 0.25) is 0 Å². The third-order valence-electron chi connectivity index (χ3n) is 4.46. The molecule has 6 heteroatoms. The molecular weight excluding hydrogens is 318 g/mol. The molecule has 25 heavy (non-hydrogen) atoms. The minimum Gasteiger partial charge on any atom is -0.472 e. The van der Waals surface area contributed by atoms with Gasteiger partial charge in [-0.2, -0.15) is 0 Å². The van der Waals surface area contributed by atoms with Crippen molar-refractivity contribution in [1.82, 2.24) is 15.5 Å². The summed E-state index contributed by atoms with van der Waals surface area (Å²) in [5, 5.41) is 5.54. The van der Waals surface area contributed by atoms with E-state index in [2.05, 4.69) is 39.8 Å². The van der Waals surface area contributed by atoms with Gasteiger partial charge in [0.15, 0.2) is 0 Å². The minimum atomic E-state index is -0.593. The molecule has 132 valence electrons. The fourth-order valence-electron chi connectivity index (χ4n) is 2.97. The average molecular weight is 341 g/mol. The van der Waals surface area contributed by atoms with Crippen molar-refractivity contribution in [1.29, 1.82) is 0 Å². The van der Waals surface area contributed by atoms with Gasteiger partial charge in [0.1, 0.15) is 12.3 Å². The van der Waals surface area contributed by atoms with E-state index in [1.807, 2.05) is 0 Å². The van der Waals surface area contributed by atoms with Crippen LogP contribution in [-0.4, -0.2) is 42.4 Å². The summed E-state index contributed by atoms with van der Waals surface area (Å²) in [5.74, 6) is -0.502. The Morgan fingerprint density at radius 3 is 2.80 bits per heavy atom. The fourth-order valence-corrected chi connectivity index (χ4v) is 2.97. The van der Waals surface area contributed by atoms with E-state index in [9.17, 15) is 9.59 Å². The van der Waals surface area contributed by atoms with Gasteiger partial charge in [-0.05, 0) is 30.5 Å². The Bertz CT molecular complexity index is 727. The first-order chi connectivity index (χ1) is 12.1. The number of nitrogens with zero attached hydrogens (tertiary/aromatic N) is 1. The average Bonchev–Trinajstić information content (AvgIpc) is 3.16.